The zero-order valence-corrected chi connectivity index (χ0v) is 10.4. The molecule has 1 amide bonds. The van der Waals surface area contributed by atoms with Gasteiger partial charge < -0.3 is 20.9 Å². The fraction of sp³-hybridized carbons (Fsp3) is 0.300. The Labute approximate surface area is 102 Å². The number of primary amides is 1. The van der Waals surface area contributed by atoms with Crippen LogP contribution in [0.3, 0.4) is 0 Å². The molecule has 6 heteroatoms. The topological polar surface area (TPSA) is 87.6 Å². The van der Waals surface area contributed by atoms with Crippen LogP contribution in [0.1, 0.15) is 5.56 Å². The lowest BCUT2D eigenvalue weighted by atomic mass is 10.2. The zero-order chi connectivity index (χ0) is 12.1. The van der Waals surface area contributed by atoms with Crippen LogP contribution in [-0.4, -0.2) is 19.6 Å². The minimum absolute atomic E-state index is 0.197. The van der Waals surface area contributed by atoms with Crippen molar-refractivity contribution in [1.29, 1.82) is 0 Å². The van der Waals surface area contributed by atoms with Gasteiger partial charge in [0.15, 0.2) is 18.1 Å². The number of carbonyl (C=O) groups excluding carboxylic acids is 1. The van der Waals surface area contributed by atoms with Gasteiger partial charge in [-0.1, -0.05) is 0 Å². The van der Waals surface area contributed by atoms with Crippen molar-refractivity contribution in [3.05, 3.63) is 22.2 Å². The summed E-state index contributed by atoms with van der Waals surface area (Å²) in [5.74, 6) is 0.409. The molecule has 0 fully saturated rings. The van der Waals surface area contributed by atoms with Gasteiger partial charge in [0.2, 0.25) is 0 Å². The Morgan fingerprint density at radius 3 is 2.69 bits per heavy atom. The summed E-state index contributed by atoms with van der Waals surface area (Å²) in [5.41, 5.74) is 11.4. The molecule has 0 spiro atoms. The Bertz CT molecular complexity index is 396. The molecule has 1 aromatic carbocycles. The van der Waals surface area contributed by atoms with Crippen LogP contribution in [0.25, 0.3) is 0 Å². The van der Waals surface area contributed by atoms with E-state index in [9.17, 15) is 4.79 Å². The first kappa shape index (κ1) is 12.8. The van der Waals surface area contributed by atoms with Gasteiger partial charge in [-0.05, 0) is 33.6 Å². The predicted octanol–water partition coefficient (Wildman–Crippen LogP) is 0.781. The van der Waals surface area contributed by atoms with E-state index in [2.05, 4.69) is 15.9 Å². The molecule has 0 unspecified atom stereocenters. The van der Waals surface area contributed by atoms with E-state index in [-0.39, 0.29) is 6.61 Å². The molecule has 16 heavy (non-hydrogen) atoms. The Morgan fingerprint density at radius 2 is 2.19 bits per heavy atom. The van der Waals surface area contributed by atoms with E-state index in [0.29, 0.717) is 22.5 Å². The van der Waals surface area contributed by atoms with E-state index in [0.717, 1.165) is 5.56 Å². The second-order valence-corrected chi connectivity index (χ2v) is 3.92. The fourth-order valence-electron chi connectivity index (χ4n) is 1.17. The van der Waals surface area contributed by atoms with Crippen molar-refractivity contribution in [2.75, 3.05) is 13.7 Å². The number of halogens is 1. The molecular weight excluding hydrogens is 276 g/mol. The van der Waals surface area contributed by atoms with Gasteiger partial charge in [-0.15, -0.1) is 0 Å². The molecule has 0 aliphatic carbocycles. The normalized spacial score (nSPS) is 9.94. The summed E-state index contributed by atoms with van der Waals surface area (Å²) in [5, 5.41) is 0. The lowest BCUT2D eigenvalue weighted by Gasteiger charge is -2.12. The number of hydrogen-bond acceptors (Lipinski definition) is 4. The molecule has 5 nitrogen and oxygen atoms in total. The minimum Gasteiger partial charge on any atom is -0.493 e. The first-order valence-corrected chi connectivity index (χ1v) is 5.35. The van der Waals surface area contributed by atoms with Crippen LogP contribution < -0.4 is 20.9 Å². The minimum atomic E-state index is -0.545. The molecule has 1 aromatic rings. The van der Waals surface area contributed by atoms with Crippen molar-refractivity contribution in [3.8, 4) is 11.5 Å². The number of methoxy groups -OCH3 is 1. The van der Waals surface area contributed by atoms with Crippen LogP contribution in [-0.2, 0) is 11.3 Å². The summed E-state index contributed by atoms with van der Waals surface area (Å²) >= 11 is 3.32. The monoisotopic (exact) mass is 288 g/mol. The van der Waals surface area contributed by atoms with Crippen LogP contribution in [0, 0.1) is 0 Å². The smallest absolute Gasteiger partial charge is 0.255 e. The Balaban J connectivity index is 3.01. The maximum atomic E-state index is 10.6. The first-order valence-electron chi connectivity index (χ1n) is 4.56. The second-order valence-electron chi connectivity index (χ2n) is 3.07. The van der Waals surface area contributed by atoms with Gasteiger partial charge in [-0.3, -0.25) is 4.79 Å². The van der Waals surface area contributed by atoms with Gasteiger partial charge >= 0.3 is 0 Å². The summed E-state index contributed by atoms with van der Waals surface area (Å²) < 4.78 is 11.0. The molecule has 0 aliphatic heterocycles. The number of hydrogen-bond donors (Lipinski definition) is 2. The summed E-state index contributed by atoms with van der Waals surface area (Å²) in [6.45, 7) is 0.196. The lowest BCUT2D eigenvalue weighted by Crippen LogP contribution is -2.20. The van der Waals surface area contributed by atoms with Crippen molar-refractivity contribution in [2.24, 2.45) is 11.5 Å². The molecule has 0 aromatic heterocycles. The third kappa shape index (κ3) is 3.11. The summed E-state index contributed by atoms with van der Waals surface area (Å²) in [7, 11) is 1.51. The van der Waals surface area contributed by atoms with Gasteiger partial charge in [-0.25, -0.2) is 0 Å². The van der Waals surface area contributed by atoms with E-state index in [1.54, 1.807) is 12.1 Å². The maximum Gasteiger partial charge on any atom is 0.255 e. The summed E-state index contributed by atoms with van der Waals surface area (Å²) in [6.07, 6.45) is 0. The lowest BCUT2D eigenvalue weighted by molar-refractivity contribution is -0.119. The largest absolute Gasteiger partial charge is 0.493 e. The van der Waals surface area contributed by atoms with Gasteiger partial charge in [0.25, 0.3) is 5.91 Å². The number of ether oxygens (including phenoxy) is 2. The van der Waals surface area contributed by atoms with E-state index in [4.69, 9.17) is 20.9 Å². The Kier molecular flexibility index (Phi) is 4.57. The maximum absolute atomic E-state index is 10.6. The highest BCUT2D eigenvalue weighted by Gasteiger charge is 2.12. The van der Waals surface area contributed by atoms with Crippen molar-refractivity contribution < 1.29 is 14.3 Å². The zero-order valence-electron chi connectivity index (χ0n) is 8.83. The molecule has 0 saturated heterocycles. The van der Waals surface area contributed by atoms with Gasteiger partial charge in [0.05, 0.1) is 11.6 Å². The molecule has 88 valence electrons. The fourth-order valence-corrected chi connectivity index (χ4v) is 1.78. The average Bonchev–Trinajstić information content (AvgIpc) is 2.26. The SMILES string of the molecule is COc1cc(CN)cc(Br)c1OCC(N)=O. The molecule has 0 atom stereocenters. The molecule has 4 N–H and O–H groups in total. The third-order valence-corrected chi connectivity index (χ3v) is 2.47. The van der Waals surface area contributed by atoms with Crippen molar-refractivity contribution in [1.82, 2.24) is 0 Å². The summed E-state index contributed by atoms with van der Waals surface area (Å²) in [6, 6.07) is 3.56. The van der Waals surface area contributed by atoms with E-state index in [1.165, 1.54) is 7.11 Å². The molecule has 0 saturated carbocycles. The number of rotatable bonds is 5. The van der Waals surface area contributed by atoms with Crippen LogP contribution in [0.4, 0.5) is 0 Å². The third-order valence-electron chi connectivity index (χ3n) is 1.88. The molecule has 0 radical (unpaired) electrons. The van der Waals surface area contributed by atoms with Crippen LogP contribution in [0.15, 0.2) is 16.6 Å². The van der Waals surface area contributed by atoms with E-state index < -0.39 is 5.91 Å². The molecule has 0 aliphatic rings. The number of amides is 1. The van der Waals surface area contributed by atoms with Crippen molar-refractivity contribution in [2.45, 2.75) is 6.54 Å². The van der Waals surface area contributed by atoms with Gasteiger partial charge in [-0.2, -0.15) is 0 Å². The van der Waals surface area contributed by atoms with Gasteiger partial charge in [0.1, 0.15) is 0 Å². The number of carbonyl (C=O) groups is 1. The van der Waals surface area contributed by atoms with Crippen molar-refractivity contribution in [3.63, 3.8) is 0 Å². The summed E-state index contributed by atoms with van der Waals surface area (Å²) in [4.78, 5) is 10.6. The quantitative estimate of drug-likeness (QED) is 0.838. The standard InChI is InChI=1S/C10H13BrN2O3/c1-15-8-3-6(4-12)2-7(11)10(8)16-5-9(13)14/h2-3H,4-5,12H2,1H3,(H2,13,14). The van der Waals surface area contributed by atoms with Gasteiger partial charge in [0, 0.05) is 6.54 Å². The van der Waals surface area contributed by atoms with E-state index in [1.807, 2.05) is 0 Å². The predicted molar refractivity (Wildman–Crippen MR) is 63.3 cm³/mol. The highest BCUT2D eigenvalue weighted by Crippen LogP contribution is 2.36. The molecule has 0 heterocycles. The van der Waals surface area contributed by atoms with Crippen molar-refractivity contribution >= 4 is 21.8 Å². The van der Waals surface area contributed by atoms with Crippen LogP contribution in [0.5, 0.6) is 11.5 Å². The number of benzene rings is 1. The Hall–Kier alpha value is -1.27. The highest BCUT2D eigenvalue weighted by molar-refractivity contribution is 9.10. The molecule has 0 bridgehead atoms. The van der Waals surface area contributed by atoms with Crippen LogP contribution >= 0.6 is 15.9 Å². The Morgan fingerprint density at radius 1 is 1.50 bits per heavy atom. The molecular formula is C10H13BrN2O3. The first-order chi connectivity index (χ1) is 7.58. The number of nitrogens with two attached hydrogens (primary N) is 2. The highest BCUT2D eigenvalue weighted by atomic mass is 79.9. The second kappa shape index (κ2) is 5.72. The average molecular weight is 289 g/mol. The molecule has 1 rings (SSSR count). The van der Waals surface area contributed by atoms with E-state index >= 15 is 0 Å². The van der Waals surface area contributed by atoms with Crippen LogP contribution in [0.2, 0.25) is 0 Å².